The first-order chi connectivity index (χ1) is 9.06. The number of hydrogen-bond donors (Lipinski definition) is 1. The highest BCUT2D eigenvalue weighted by Gasteiger charge is 2.06. The van der Waals surface area contributed by atoms with Gasteiger partial charge in [-0.2, -0.15) is 0 Å². The molecule has 0 saturated heterocycles. The molecule has 0 fully saturated rings. The number of carboxylic acids is 1. The van der Waals surface area contributed by atoms with E-state index in [1.54, 1.807) is 12.1 Å². The summed E-state index contributed by atoms with van der Waals surface area (Å²) in [5, 5.41) is 8.85. The third kappa shape index (κ3) is 3.31. The fourth-order valence-corrected chi connectivity index (χ4v) is 1.63. The van der Waals surface area contributed by atoms with Crippen molar-refractivity contribution in [2.75, 3.05) is 0 Å². The minimum atomic E-state index is -1.07. The predicted octanol–water partition coefficient (Wildman–Crippen LogP) is 3.70. The van der Waals surface area contributed by atoms with Gasteiger partial charge in [0.2, 0.25) is 5.88 Å². The molecule has 0 atom stereocenters. The fourth-order valence-electron chi connectivity index (χ4n) is 1.63. The van der Waals surface area contributed by atoms with Crippen LogP contribution < -0.4 is 4.74 Å². The second kappa shape index (κ2) is 5.52. The van der Waals surface area contributed by atoms with Crippen LogP contribution >= 0.6 is 0 Å². The molecule has 0 spiro atoms. The molecule has 0 unspecified atom stereocenters. The third-order valence-electron chi connectivity index (χ3n) is 2.71. The summed E-state index contributed by atoms with van der Waals surface area (Å²) in [6.07, 6.45) is 0. The summed E-state index contributed by atoms with van der Waals surface area (Å²) in [7, 11) is 0. The minimum Gasteiger partial charge on any atom is -0.477 e. The van der Waals surface area contributed by atoms with Crippen molar-refractivity contribution in [3.05, 3.63) is 53.7 Å². The van der Waals surface area contributed by atoms with Crippen LogP contribution in [-0.4, -0.2) is 16.1 Å². The molecule has 0 radical (unpaired) electrons. The molecule has 1 aromatic carbocycles. The van der Waals surface area contributed by atoms with E-state index in [2.05, 4.69) is 18.8 Å². The molecular formula is C15H15NO3. The zero-order chi connectivity index (χ0) is 13.8. The van der Waals surface area contributed by atoms with Gasteiger partial charge in [0.25, 0.3) is 0 Å². The van der Waals surface area contributed by atoms with Crippen LogP contribution in [0.1, 0.15) is 35.8 Å². The molecule has 4 nitrogen and oxygen atoms in total. The van der Waals surface area contributed by atoms with Gasteiger partial charge in [-0.15, -0.1) is 0 Å². The van der Waals surface area contributed by atoms with Gasteiger partial charge in [0.15, 0.2) is 5.69 Å². The van der Waals surface area contributed by atoms with Crippen molar-refractivity contribution in [1.82, 2.24) is 4.98 Å². The van der Waals surface area contributed by atoms with Gasteiger partial charge in [0.05, 0.1) is 0 Å². The topological polar surface area (TPSA) is 59.4 Å². The number of ether oxygens (including phenoxy) is 1. The quantitative estimate of drug-likeness (QED) is 0.907. The van der Waals surface area contributed by atoms with Gasteiger partial charge >= 0.3 is 5.97 Å². The lowest BCUT2D eigenvalue weighted by Gasteiger charge is -2.08. The smallest absolute Gasteiger partial charge is 0.354 e. The van der Waals surface area contributed by atoms with Gasteiger partial charge < -0.3 is 9.84 Å². The molecule has 0 aliphatic heterocycles. The number of pyridine rings is 1. The summed E-state index contributed by atoms with van der Waals surface area (Å²) in [6.45, 7) is 4.24. The Morgan fingerprint density at radius 1 is 1.16 bits per heavy atom. The molecular weight excluding hydrogens is 242 g/mol. The highest BCUT2D eigenvalue weighted by atomic mass is 16.5. The van der Waals surface area contributed by atoms with Crippen molar-refractivity contribution < 1.29 is 14.6 Å². The average molecular weight is 257 g/mol. The van der Waals surface area contributed by atoms with Gasteiger partial charge in [-0.25, -0.2) is 9.78 Å². The van der Waals surface area contributed by atoms with Crippen molar-refractivity contribution >= 4 is 5.97 Å². The molecule has 0 aliphatic rings. The maximum Gasteiger partial charge on any atom is 0.354 e. The maximum absolute atomic E-state index is 10.8. The standard InChI is InChI=1S/C15H15NO3/c1-10(2)11-6-8-12(9-7-11)19-14-5-3-4-13(16-14)15(17)18/h3-10H,1-2H3,(H,17,18). The first-order valence-corrected chi connectivity index (χ1v) is 6.04. The van der Waals surface area contributed by atoms with Crippen molar-refractivity contribution in [3.63, 3.8) is 0 Å². The highest BCUT2D eigenvalue weighted by molar-refractivity contribution is 5.85. The predicted molar refractivity (Wildman–Crippen MR) is 71.8 cm³/mol. The molecule has 1 N–H and O–H groups in total. The molecule has 0 aliphatic carbocycles. The number of nitrogens with zero attached hydrogens (tertiary/aromatic N) is 1. The number of hydrogen-bond acceptors (Lipinski definition) is 3. The van der Waals surface area contributed by atoms with Crippen molar-refractivity contribution in [3.8, 4) is 11.6 Å². The lowest BCUT2D eigenvalue weighted by Crippen LogP contribution is -2.00. The summed E-state index contributed by atoms with van der Waals surface area (Å²) in [5.41, 5.74) is 1.19. The van der Waals surface area contributed by atoms with E-state index in [4.69, 9.17) is 9.84 Å². The maximum atomic E-state index is 10.8. The van der Waals surface area contributed by atoms with E-state index in [-0.39, 0.29) is 11.6 Å². The Bertz CT molecular complexity index is 576. The summed E-state index contributed by atoms with van der Waals surface area (Å²) in [4.78, 5) is 14.7. The molecule has 1 aromatic heterocycles. The zero-order valence-electron chi connectivity index (χ0n) is 10.8. The average Bonchev–Trinajstić information content (AvgIpc) is 2.39. The van der Waals surface area contributed by atoms with E-state index >= 15 is 0 Å². The van der Waals surface area contributed by atoms with Crippen molar-refractivity contribution in [2.45, 2.75) is 19.8 Å². The number of rotatable bonds is 4. The van der Waals surface area contributed by atoms with Crippen molar-refractivity contribution in [1.29, 1.82) is 0 Å². The fraction of sp³-hybridized carbons (Fsp3) is 0.200. The Hall–Kier alpha value is -2.36. The normalized spacial score (nSPS) is 10.5. The third-order valence-corrected chi connectivity index (χ3v) is 2.71. The van der Waals surface area contributed by atoms with Gasteiger partial charge in [0, 0.05) is 6.07 Å². The van der Waals surface area contributed by atoms with E-state index in [9.17, 15) is 4.79 Å². The number of carbonyl (C=O) groups is 1. The van der Waals surface area contributed by atoms with Crippen LogP contribution in [0.3, 0.4) is 0 Å². The van der Waals surface area contributed by atoms with E-state index < -0.39 is 5.97 Å². The molecule has 4 heteroatoms. The molecule has 98 valence electrons. The largest absolute Gasteiger partial charge is 0.477 e. The molecule has 1 heterocycles. The first-order valence-electron chi connectivity index (χ1n) is 6.04. The van der Waals surface area contributed by atoms with E-state index in [0.717, 1.165) is 0 Å². The van der Waals surface area contributed by atoms with Crippen LogP contribution in [0.15, 0.2) is 42.5 Å². The Kier molecular flexibility index (Phi) is 3.80. The Balaban J connectivity index is 2.16. The monoisotopic (exact) mass is 257 g/mol. The lowest BCUT2D eigenvalue weighted by atomic mass is 10.0. The number of carboxylic acid groups (broad SMARTS) is 1. The van der Waals surface area contributed by atoms with Gasteiger partial charge in [-0.3, -0.25) is 0 Å². The molecule has 19 heavy (non-hydrogen) atoms. The van der Waals surface area contributed by atoms with Crippen LogP contribution in [0.4, 0.5) is 0 Å². The molecule has 0 bridgehead atoms. The molecule has 0 saturated carbocycles. The summed E-state index contributed by atoms with van der Waals surface area (Å²) in [5.74, 6) is 0.305. The minimum absolute atomic E-state index is 0.0312. The number of aromatic nitrogens is 1. The van der Waals surface area contributed by atoms with E-state index in [0.29, 0.717) is 11.7 Å². The first kappa shape index (κ1) is 13.1. The van der Waals surface area contributed by atoms with Crippen LogP contribution in [0, 0.1) is 0 Å². The zero-order valence-corrected chi connectivity index (χ0v) is 10.8. The van der Waals surface area contributed by atoms with Crippen molar-refractivity contribution in [2.24, 2.45) is 0 Å². The van der Waals surface area contributed by atoms with Crippen LogP contribution in [-0.2, 0) is 0 Å². The van der Waals surface area contributed by atoms with Crippen LogP contribution in [0.25, 0.3) is 0 Å². The van der Waals surface area contributed by atoms with Crippen LogP contribution in [0.2, 0.25) is 0 Å². The molecule has 0 amide bonds. The summed E-state index contributed by atoms with van der Waals surface area (Å²) >= 11 is 0. The van der Waals surface area contributed by atoms with Gasteiger partial charge in [0.1, 0.15) is 5.75 Å². The second-order valence-corrected chi connectivity index (χ2v) is 4.49. The summed E-state index contributed by atoms with van der Waals surface area (Å²) < 4.78 is 5.53. The number of benzene rings is 1. The molecule has 2 rings (SSSR count). The highest BCUT2D eigenvalue weighted by Crippen LogP contribution is 2.22. The van der Waals surface area contributed by atoms with E-state index in [1.807, 2.05) is 24.3 Å². The van der Waals surface area contributed by atoms with Crippen LogP contribution in [0.5, 0.6) is 11.6 Å². The second-order valence-electron chi connectivity index (χ2n) is 4.49. The Morgan fingerprint density at radius 3 is 2.42 bits per heavy atom. The lowest BCUT2D eigenvalue weighted by molar-refractivity contribution is 0.0689. The molecule has 2 aromatic rings. The van der Waals surface area contributed by atoms with E-state index in [1.165, 1.54) is 11.6 Å². The van der Waals surface area contributed by atoms with Gasteiger partial charge in [-0.05, 0) is 29.7 Å². The number of aromatic carboxylic acids is 1. The SMILES string of the molecule is CC(C)c1ccc(Oc2cccc(C(=O)O)n2)cc1. The summed E-state index contributed by atoms with van der Waals surface area (Å²) in [6, 6.07) is 12.3. The van der Waals surface area contributed by atoms with Gasteiger partial charge in [-0.1, -0.05) is 32.0 Å². The Labute approximate surface area is 111 Å². The Morgan fingerprint density at radius 2 is 1.84 bits per heavy atom.